The zero-order valence-electron chi connectivity index (χ0n) is 17.7. The zero-order chi connectivity index (χ0) is 20.6. The number of hydrogen-bond acceptors (Lipinski definition) is 3. The standard InChI is InChI=1S/C26H32N2O2/c29-26-24(7-4-16-27-26)19-28-17-14-22(15-18-28)9-8-21-10-12-25(13-11-21)30-20-23-5-2-1-3-6-23/h4,7,10-13,16,22-23H,1-3,5-6,14-15,17-20H2,(H,27,29). The highest BCUT2D eigenvalue weighted by Gasteiger charge is 2.18. The molecule has 0 bridgehead atoms. The lowest BCUT2D eigenvalue weighted by atomic mass is 9.90. The molecule has 30 heavy (non-hydrogen) atoms. The maximum absolute atomic E-state index is 11.8. The van der Waals surface area contributed by atoms with Gasteiger partial charge in [0.2, 0.25) is 0 Å². The number of aromatic nitrogens is 1. The molecule has 1 saturated heterocycles. The number of ether oxygens (including phenoxy) is 1. The summed E-state index contributed by atoms with van der Waals surface area (Å²) in [7, 11) is 0. The third-order valence-electron chi connectivity index (χ3n) is 6.37. The van der Waals surface area contributed by atoms with E-state index in [0.717, 1.165) is 61.9 Å². The molecule has 158 valence electrons. The Labute approximate surface area is 179 Å². The second kappa shape index (κ2) is 10.5. The summed E-state index contributed by atoms with van der Waals surface area (Å²) in [6.45, 7) is 3.54. The summed E-state index contributed by atoms with van der Waals surface area (Å²) in [4.78, 5) is 16.9. The van der Waals surface area contributed by atoms with Crippen molar-refractivity contribution in [2.24, 2.45) is 11.8 Å². The lowest BCUT2D eigenvalue weighted by molar-refractivity contribution is 0.198. The van der Waals surface area contributed by atoms with E-state index in [1.807, 2.05) is 24.3 Å². The van der Waals surface area contributed by atoms with Crippen LogP contribution in [-0.4, -0.2) is 29.6 Å². The van der Waals surface area contributed by atoms with E-state index in [9.17, 15) is 4.79 Å². The van der Waals surface area contributed by atoms with Crippen LogP contribution < -0.4 is 10.3 Å². The molecule has 4 nitrogen and oxygen atoms in total. The average Bonchev–Trinajstić information content (AvgIpc) is 2.80. The molecule has 2 aromatic rings. The summed E-state index contributed by atoms with van der Waals surface area (Å²) in [5.41, 5.74) is 1.91. The number of pyridine rings is 1. The van der Waals surface area contributed by atoms with Crippen molar-refractivity contribution in [1.29, 1.82) is 0 Å². The number of benzene rings is 1. The lowest BCUT2D eigenvalue weighted by Gasteiger charge is -2.29. The van der Waals surface area contributed by atoms with Crippen molar-refractivity contribution in [3.8, 4) is 17.6 Å². The maximum Gasteiger partial charge on any atom is 0.252 e. The van der Waals surface area contributed by atoms with Gasteiger partial charge in [0.25, 0.3) is 5.56 Å². The van der Waals surface area contributed by atoms with Crippen molar-refractivity contribution in [3.05, 3.63) is 64.1 Å². The summed E-state index contributed by atoms with van der Waals surface area (Å²) in [6.07, 6.45) is 10.5. The van der Waals surface area contributed by atoms with E-state index in [1.54, 1.807) is 6.20 Å². The molecule has 1 saturated carbocycles. The molecule has 1 aliphatic carbocycles. The third-order valence-corrected chi connectivity index (χ3v) is 6.37. The second-order valence-electron chi connectivity index (χ2n) is 8.68. The number of hydrogen-bond donors (Lipinski definition) is 1. The van der Waals surface area contributed by atoms with Gasteiger partial charge >= 0.3 is 0 Å². The molecule has 2 aliphatic rings. The molecule has 0 amide bonds. The molecule has 2 fully saturated rings. The SMILES string of the molecule is O=c1[nH]cccc1CN1CCC(C#Cc2ccc(OCC3CCCCC3)cc2)CC1. The van der Waals surface area contributed by atoms with Gasteiger partial charge in [0.1, 0.15) is 5.75 Å². The van der Waals surface area contributed by atoms with Crippen LogP contribution >= 0.6 is 0 Å². The number of likely N-dealkylation sites (tertiary alicyclic amines) is 1. The molecule has 1 aromatic heterocycles. The summed E-state index contributed by atoms with van der Waals surface area (Å²) in [5, 5.41) is 0. The Morgan fingerprint density at radius 1 is 1.00 bits per heavy atom. The summed E-state index contributed by atoms with van der Waals surface area (Å²) in [5.74, 6) is 8.90. The Morgan fingerprint density at radius 3 is 2.50 bits per heavy atom. The molecule has 4 heteroatoms. The molecule has 1 N–H and O–H groups in total. The molecule has 1 aliphatic heterocycles. The van der Waals surface area contributed by atoms with E-state index in [1.165, 1.54) is 32.1 Å². The van der Waals surface area contributed by atoms with Gasteiger partial charge in [-0.05, 0) is 75.0 Å². The van der Waals surface area contributed by atoms with Crippen LogP contribution in [0.1, 0.15) is 56.1 Å². The van der Waals surface area contributed by atoms with Crippen molar-refractivity contribution in [2.45, 2.75) is 51.5 Å². The van der Waals surface area contributed by atoms with Crippen LogP contribution in [0.3, 0.4) is 0 Å². The first kappa shape index (κ1) is 20.8. The van der Waals surface area contributed by atoms with Crippen molar-refractivity contribution < 1.29 is 4.74 Å². The van der Waals surface area contributed by atoms with Crippen LogP contribution in [0.25, 0.3) is 0 Å². The van der Waals surface area contributed by atoms with Crippen molar-refractivity contribution in [3.63, 3.8) is 0 Å². The monoisotopic (exact) mass is 404 g/mol. The molecule has 0 radical (unpaired) electrons. The predicted octanol–water partition coefficient (Wildman–Crippen LogP) is 4.60. The van der Waals surface area contributed by atoms with Crippen LogP contribution in [0.2, 0.25) is 0 Å². The van der Waals surface area contributed by atoms with Gasteiger partial charge in [0, 0.05) is 29.8 Å². The first-order chi connectivity index (χ1) is 14.8. The van der Waals surface area contributed by atoms with E-state index in [0.29, 0.717) is 5.92 Å². The van der Waals surface area contributed by atoms with Gasteiger partial charge in [-0.1, -0.05) is 37.2 Å². The normalized spacial score (nSPS) is 18.5. The zero-order valence-corrected chi connectivity index (χ0v) is 17.7. The quantitative estimate of drug-likeness (QED) is 0.741. The number of H-pyrrole nitrogens is 1. The average molecular weight is 405 g/mol. The highest BCUT2D eigenvalue weighted by Crippen LogP contribution is 2.25. The summed E-state index contributed by atoms with van der Waals surface area (Å²) < 4.78 is 5.99. The van der Waals surface area contributed by atoms with Gasteiger partial charge in [-0.25, -0.2) is 0 Å². The van der Waals surface area contributed by atoms with Crippen LogP contribution in [0.5, 0.6) is 5.75 Å². The molecular formula is C26H32N2O2. The van der Waals surface area contributed by atoms with E-state index < -0.39 is 0 Å². The predicted molar refractivity (Wildman–Crippen MR) is 120 cm³/mol. The van der Waals surface area contributed by atoms with Crippen molar-refractivity contribution >= 4 is 0 Å². The molecule has 0 spiro atoms. The van der Waals surface area contributed by atoms with Crippen LogP contribution in [0.4, 0.5) is 0 Å². The first-order valence-corrected chi connectivity index (χ1v) is 11.4. The number of nitrogens with zero attached hydrogens (tertiary/aromatic N) is 1. The summed E-state index contributed by atoms with van der Waals surface area (Å²) in [6, 6.07) is 12.0. The fourth-order valence-electron chi connectivity index (χ4n) is 4.45. The van der Waals surface area contributed by atoms with E-state index in [-0.39, 0.29) is 5.56 Å². The molecular weight excluding hydrogens is 372 g/mol. The highest BCUT2D eigenvalue weighted by molar-refractivity contribution is 5.38. The van der Waals surface area contributed by atoms with E-state index in [2.05, 4.69) is 33.9 Å². The Bertz CT molecular complexity index is 908. The maximum atomic E-state index is 11.8. The van der Waals surface area contributed by atoms with Gasteiger partial charge in [0.15, 0.2) is 0 Å². The number of rotatable bonds is 5. The fraction of sp³-hybridized carbons (Fsp3) is 0.500. The lowest BCUT2D eigenvalue weighted by Crippen LogP contribution is -2.34. The minimum atomic E-state index is 0.0191. The number of aromatic amines is 1. The van der Waals surface area contributed by atoms with Crippen LogP contribution in [-0.2, 0) is 6.54 Å². The van der Waals surface area contributed by atoms with Gasteiger partial charge in [0.05, 0.1) is 6.61 Å². The largest absolute Gasteiger partial charge is 0.493 e. The third kappa shape index (κ3) is 6.00. The summed E-state index contributed by atoms with van der Waals surface area (Å²) >= 11 is 0. The number of nitrogens with one attached hydrogen (secondary N) is 1. The van der Waals surface area contributed by atoms with Crippen LogP contribution in [0, 0.1) is 23.7 Å². The molecule has 1 aromatic carbocycles. The van der Waals surface area contributed by atoms with Crippen molar-refractivity contribution in [2.75, 3.05) is 19.7 Å². The topological polar surface area (TPSA) is 45.3 Å². The number of piperidine rings is 1. The molecule has 0 unspecified atom stereocenters. The van der Waals surface area contributed by atoms with Gasteiger partial charge < -0.3 is 9.72 Å². The second-order valence-corrected chi connectivity index (χ2v) is 8.68. The highest BCUT2D eigenvalue weighted by atomic mass is 16.5. The Hall–Kier alpha value is -2.51. The Kier molecular flexibility index (Phi) is 7.26. The minimum absolute atomic E-state index is 0.0191. The minimum Gasteiger partial charge on any atom is -0.493 e. The van der Waals surface area contributed by atoms with Gasteiger partial charge in [-0.2, -0.15) is 0 Å². The van der Waals surface area contributed by atoms with Crippen molar-refractivity contribution in [1.82, 2.24) is 9.88 Å². The Balaban J connectivity index is 1.22. The molecule has 2 heterocycles. The van der Waals surface area contributed by atoms with E-state index >= 15 is 0 Å². The molecule has 4 rings (SSSR count). The first-order valence-electron chi connectivity index (χ1n) is 11.4. The van der Waals surface area contributed by atoms with Gasteiger partial charge in [-0.15, -0.1) is 0 Å². The van der Waals surface area contributed by atoms with E-state index in [4.69, 9.17) is 4.74 Å². The van der Waals surface area contributed by atoms with Gasteiger partial charge in [-0.3, -0.25) is 9.69 Å². The molecule has 0 atom stereocenters. The fourth-order valence-corrected chi connectivity index (χ4v) is 4.45. The Morgan fingerprint density at radius 2 is 1.77 bits per heavy atom. The van der Waals surface area contributed by atoms with Crippen LogP contribution in [0.15, 0.2) is 47.4 Å². The smallest absolute Gasteiger partial charge is 0.252 e.